The van der Waals surface area contributed by atoms with Crippen molar-refractivity contribution in [3.8, 4) is 0 Å². The van der Waals surface area contributed by atoms with E-state index in [4.69, 9.17) is 4.98 Å². The van der Waals surface area contributed by atoms with Gasteiger partial charge in [-0.2, -0.15) is 0 Å². The van der Waals surface area contributed by atoms with Gasteiger partial charge < -0.3 is 9.88 Å². The molecule has 1 amide bonds. The van der Waals surface area contributed by atoms with Crippen molar-refractivity contribution < 1.29 is 4.79 Å². The van der Waals surface area contributed by atoms with Crippen molar-refractivity contribution in [3.05, 3.63) is 41.7 Å². The second kappa shape index (κ2) is 9.80. The van der Waals surface area contributed by atoms with E-state index in [1.54, 1.807) is 0 Å². The summed E-state index contributed by atoms with van der Waals surface area (Å²) in [4.78, 5) is 17.4. The molecule has 0 saturated heterocycles. The Labute approximate surface area is 182 Å². The van der Waals surface area contributed by atoms with Crippen molar-refractivity contribution in [2.75, 3.05) is 6.54 Å². The zero-order valence-corrected chi connectivity index (χ0v) is 19.6. The summed E-state index contributed by atoms with van der Waals surface area (Å²) in [6.07, 6.45) is 6.40. The van der Waals surface area contributed by atoms with Crippen LogP contribution in [0.1, 0.15) is 59.7 Å². The van der Waals surface area contributed by atoms with E-state index in [0.717, 1.165) is 43.6 Å². The van der Waals surface area contributed by atoms with Gasteiger partial charge in [0.25, 0.3) is 0 Å². The van der Waals surface area contributed by atoms with Crippen LogP contribution in [0, 0.1) is 29.6 Å². The molecule has 1 heterocycles. The third-order valence-corrected chi connectivity index (χ3v) is 7.26. The van der Waals surface area contributed by atoms with E-state index in [0.29, 0.717) is 23.7 Å². The molecule has 1 aliphatic rings. The summed E-state index contributed by atoms with van der Waals surface area (Å²) in [5.74, 6) is 3.62. The Bertz CT molecular complexity index is 891. The topological polar surface area (TPSA) is 46.9 Å². The average Bonchev–Trinajstić information content (AvgIpc) is 3.04. The van der Waals surface area contributed by atoms with E-state index < -0.39 is 0 Å². The van der Waals surface area contributed by atoms with Gasteiger partial charge in [-0.15, -0.1) is 0 Å². The predicted molar refractivity (Wildman–Crippen MR) is 125 cm³/mol. The van der Waals surface area contributed by atoms with E-state index in [9.17, 15) is 4.79 Å². The lowest BCUT2D eigenvalue weighted by Gasteiger charge is -2.37. The van der Waals surface area contributed by atoms with Crippen LogP contribution < -0.4 is 5.32 Å². The number of benzene rings is 1. The second-order valence-corrected chi connectivity index (χ2v) is 9.45. The van der Waals surface area contributed by atoms with Crippen molar-refractivity contribution in [1.29, 1.82) is 0 Å². The van der Waals surface area contributed by atoms with E-state index in [1.807, 2.05) is 0 Å². The summed E-state index contributed by atoms with van der Waals surface area (Å²) >= 11 is 0. The Hall–Kier alpha value is -2.10. The monoisotopic (exact) mass is 409 g/mol. The number of carbonyl (C=O) groups is 1. The first-order valence-corrected chi connectivity index (χ1v) is 11.7. The van der Waals surface area contributed by atoms with Crippen LogP contribution in [-0.2, 0) is 18.3 Å². The molecule has 0 fully saturated rings. The molecule has 1 aliphatic carbocycles. The molecule has 1 aromatic heterocycles. The summed E-state index contributed by atoms with van der Waals surface area (Å²) in [5.41, 5.74) is 3.72. The minimum atomic E-state index is 0.140. The molecule has 3 atom stereocenters. The van der Waals surface area contributed by atoms with Gasteiger partial charge in [0.15, 0.2) is 0 Å². The highest BCUT2D eigenvalue weighted by atomic mass is 16.1. The maximum Gasteiger partial charge on any atom is 0.223 e. The van der Waals surface area contributed by atoms with Crippen LogP contribution in [-0.4, -0.2) is 22.0 Å². The van der Waals surface area contributed by atoms with E-state index in [-0.39, 0.29) is 11.8 Å². The SMILES string of the molecule is CCC(CC)C(=O)NC[C@@H]1C=C(C)[C@H](Cc2nc3ccccc3n2C)C[C@H]1C(C)C. The van der Waals surface area contributed by atoms with Gasteiger partial charge in [-0.25, -0.2) is 4.98 Å². The third-order valence-electron chi connectivity index (χ3n) is 7.26. The van der Waals surface area contributed by atoms with Crippen LogP contribution in [0.4, 0.5) is 0 Å². The molecule has 3 rings (SSSR count). The smallest absolute Gasteiger partial charge is 0.223 e. The van der Waals surface area contributed by atoms with Gasteiger partial charge in [0, 0.05) is 25.9 Å². The first-order valence-electron chi connectivity index (χ1n) is 11.7. The molecule has 0 spiro atoms. The molecule has 0 bridgehead atoms. The van der Waals surface area contributed by atoms with Crippen LogP contribution in [0.2, 0.25) is 0 Å². The highest BCUT2D eigenvalue weighted by Crippen LogP contribution is 2.39. The highest BCUT2D eigenvalue weighted by Gasteiger charge is 2.32. The zero-order valence-electron chi connectivity index (χ0n) is 19.6. The van der Waals surface area contributed by atoms with Gasteiger partial charge >= 0.3 is 0 Å². The summed E-state index contributed by atoms with van der Waals surface area (Å²) in [5, 5.41) is 3.25. The number of para-hydroxylation sites is 2. The van der Waals surface area contributed by atoms with Crippen molar-refractivity contribution in [1.82, 2.24) is 14.9 Å². The summed E-state index contributed by atoms with van der Waals surface area (Å²) in [7, 11) is 2.13. The van der Waals surface area contributed by atoms with Crippen molar-refractivity contribution in [2.24, 2.45) is 36.6 Å². The van der Waals surface area contributed by atoms with Gasteiger partial charge in [0.1, 0.15) is 5.82 Å². The fourth-order valence-corrected chi connectivity index (χ4v) is 5.13. The standard InChI is InChI=1S/C26H39N3O/c1-7-19(8-2)26(30)27-16-21-13-18(5)20(14-22(21)17(3)4)15-25-28-23-11-9-10-12-24(23)29(25)6/h9-13,17,19-22H,7-8,14-16H2,1-6H3,(H,27,30)/t20-,21-,22-/m0/s1. The lowest BCUT2D eigenvalue weighted by molar-refractivity contribution is -0.125. The molecule has 4 heteroatoms. The first kappa shape index (κ1) is 22.6. The number of aromatic nitrogens is 2. The molecule has 0 saturated carbocycles. The molecule has 0 radical (unpaired) electrons. The maximum atomic E-state index is 12.5. The van der Waals surface area contributed by atoms with Gasteiger partial charge in [-0.05, 0) is 62.0 Å². The van der Waals surface area contributed by atoms with Crippen LogP contribution in [0.5, 0.6) is 0 Å². The Morgan fingerprint density at radius 2 is 1.93 bits per heavy atom. The molecule has 4 nitrogen and oxygen atoms in total. The quantitative estimate of drug-likeness (QED) is 0.583. The zero-order chi connectivity index (χ0) is 21.8. The Morgan fingerprint density at radius 3 is 2.57 bits per heavy atom. The Balaban J connectivity index is 1.74. The molecule has 1 N–H and O–H groups in total. The fourth-order valence-electron chi connectivity index (χ4n) is 5.13. The second-order valence-electron chi connectivity index (χ2n) is 9.45. The molecular formula is C26H39N3O. The highest BCUT2D eigenvalue weighted by molar-refractivity contribution is 5.78. The Kier molecular flexibility index (Phi) is 7.38. The fraction of sp³-hybridized carbons (Fsp3) is 0.615. The largest absolute Gasteiger partial charge is 0.355 e. The number of hydrogen-bond acceptors (Lipinski definition) is 2. The molecule has 0 unspecified atom stereocenters. The number of nitrogens with zero attached hydrogens (tertiary/aromatic N) is 2. The van der Waals surface area contributed by atoms with Crippen LogP contribution in [0.3, 0.4) is 0 Å². The number of amides is 1. The number of aryl methyl sites for hydroxylation is 1. The van der Waals surface area contributed by atoms with Crippen molar-refractivity contribution in [3.63, 3.8) is 0 Å². The van der Waals surface area contributed by atoms with Crippen molar-refractivity contribution >= 4 is 16.9 Å². The number of nitrogens with one attached hydrogen (secondary N) is 1. The molecule has 30 heavy (non-hydrogen) atoms. The average molecular weight is 410 g/mol. The van der Waals surface area contributed by atoms with E-state index >= 15 is 0 Å². The van der Waals surface area contributed by atoms with Gasteiger partial charge in [0.05, 0.1) is 11.0 Å². The normalized spacial score (nSPS) is 22.0. The number of imidazole rings is 1. The molecule has 2 aromatic rings. The van der Waals surface area contributed by atoms with Crippen LogP contribution in [0.25, 0.3) is 11.0 Å². The third kappa shape index (κ3) is 4.79. The van der Waals surface area contributed by atoms with Crippen molar-refractivity contribution in [2.45, 2.75) is 60.3 Å². The molecular weight excluding hydrogens is 370 g/mol. The summed E-state index contributed by atoms with van der Waals surface area (Å²) in [6.45, 7) is 11.9. The summed E-state index contributed by atoms with van der Waals surface area (Å²) in [6, 6.07) is 8.37. The van der Waals surface area contributed by atoms with E-state index in [2.05, 4.69) is 81.9 Å². The van der Waals surface area contributed by atoms with Crippen LogP contribution >= 0.6 is 0 Å². The first-order chi connectivity index (χ1) is 14.3. The minimum Gasteiger partial charge on any atom is -0.355 e. The number of allylic oxidation sites excluding steroid dienone is 1. The van der Waals surface area contributed by atoms with Gasteiger partial charge in [0.2, 0.25) is 5.91 Å². The van der Waals surface area contributed by atoms with Gasteiger partial charge in [-0.3, -0.25) is 4.79 Å². The molecule has 164 valence electrons. The molecule has 1 aromatic carbocycles. The number of rotatable bonds is 8. The lowest BCUT2D eigenvalue weighted by atomic mass is 9.69. The number of hydrogen-bond donors (Lipinski definition) is 1. The number of fused-ring (bicyclic) bond motifs is 1. The minimum absolute atomic E-state index is 0.140. The lowest BCUT2D eigenvalue weighted by Crippen LogP contribution is -2.39. The van der Waals surface area contributed by atoms with E-state index in [1.165, 1.54) is 11.1 Å². The Morgan fingerprint density at radius 1 is 1.23 bits per heavy atom. The van der Waals surface area contributed by atoms with Crippen LogP contribution in [0.15, 0.2) is 35.9 Å². The predicted octanol–water partition coefficient (Wildman–Crippen LogP) is 5.52. The maximum absolute atomic E-state index is 12.5. The summed E-state index contributed by atoms with van der Waals surface area (Å²) < 4.78 is 2.24. The van der Waals surface area contributed by atoms with Gasteiger partial charge in [-0.1, -0.05) is 51.5 Å². The molecule has 0 aliphatic heterocycles. The number of carbonyl (C=O) groups excluding carboxylic acids is 1.